The van der Waals surface area contributed by atoms with Crippen LogP contribution in [-0.4, -0.2) is 78.2 Å². The van der Waals surface area contributed by atoms with E-state index >= 15 is 0 Å². The van der Waals surface area contributed by atoms with Gasteiger partial charge >= 0.3 is 0 Å². The highest BCUT2D eigenvalue weighted by Crippen LogP contribution is 2.53. The lowest BCUT2D eigenvalue weighted by Gasteiger charge is -2.52. The van der Waals surface area contributed by atoms with Gasteiger partial charge in [0.1, 0.15) is 11.5 Å². The molecule has 1 aliphatic carbocycles. The summed E-state index contributed by atoms with van der Waals surface area (Å²) >= 11 is 0. The summed E-state index contributed by atoms with van der Waals surface area (Å²) in [4.78, 5) is 15.3. The smallest absolute Gasteiger partial charge is 0.235 e. The lowest BCUT2D eigenvalue weighted by Crippen LogP contribution is -2.53. The Kier molecular flexibility index (Phi) is 6.84. The largest absolute Gasteiger partial charge is 0.494 e. The molecule has 3 fully saturated rings. The highest BCUT2D eigenvalue weighted by Gasteiger charge is 2.50. The lowest BCUT2D eigenvalue weighted by atomic mass is 9.57. The highest BCUT2D eigenvalue weighted by atomic mass is 32.2. The number of rotatable bonds is 6. The number of fused-ring (bicyclic) bond motifs is 1. The number of carbonyl (C=O) groups excluding carboxylic acids is 1. The topological polar surface area (TPSA) is 124 Å². The molecule has 2 saturated heterocycles. The zero-order valence-electron chi connectivity index (χ0n) is 22.8. The van der Waals surface area contributed by atoms with Crippen molar-refractivity contribution in [2.45, 2.75) is 44.6 Å². The van der Waals surface area contributed by atoms with E-state index in [1.165, 1.54) is 4.31 Å². The summed E-state index contributed by atoms with van der Waals surface area (Å²) in [5.74, 6) is 0.938. The van der Waals surface area contributed by atoms with Gasteiger partial charge in [-0.25, -0.2) is 13.8 Å². The first-order valence-corrected chi connectivity index (χ1v) is 15.4. The molecule has 1 aromatic heterocycles. The first-order valence-electron chi connectivity index (χ1n) is 13.9. The van der Waals surface area contributed by atoms with Crippen molar-refractivity contribution >= 4 is 21.5 Å². The van der Waals surface area contributed by atoms with Crippen LogP contribution in [0.4, 0.5) is 0 Å². The number of piperidine rings is 2. The second kappa shape index (κ2) is 10.2. The Morgan fingerprint density at radius 2 is 1.98 bits per heavy atom. The first kappa shape index (κ1) is 26.8. The van der Waals surface area contributed by atoms with Crippen LogP contribution in [0.15, 0.2) is 53.7 Å². The number of aromatic nitrogens is 2. The predicted octanol–water partition coefficient (Wildman–Crippen LogP) is 2.49. The van der Waals surface area contributed by atoms with Crippen LogP contribution in [0.3, 0.4) is 0 Å². The molecule has 1 spiro atoms. The van der Waals surface area contributed by atoms with Crippen molar-refractivity contribution in [3.8, 4) is 6.07 Å². The van der Waals surface area contributed by atoms with Crippen LogP contribution >= 0.6 is 0 Å². The molecule has 0 unspecified atom stereocenters. The maximum Gasteiger partial charge on any atom is 0.235 e. The molecule has 0 aromatic carbocycles. The SMILES string of the molecule is C=CS(=O)(=O)N1CCC2(CC1)CC(C(=O)N1CCC(n3cc(C4=CN5NCC(C#N)=C5C(OC)=C4)cn3)CC1)C2. The van der Waals surface area contributed by atoms with Crippen LogP contribution in [0.2, 0.25) is 0 Å². The zero-order valence-corrected chi connectivity index (χ0v) is 23.6. The highest BCUT2D eigenvalue weighted by molar-refractivity contribution is 7.92. The van der Waals surface area contributed by atoms with Crippen molar-refractivity contribution in [3.63, 3.8) is 0 Å². The van der Waals surface area contributed by atoms with E-state index in [0.717, 1.165) is 60.8 Å². The van der Waals surface area contributed by atoms with Gasteiger partial charge in [0.15, 0.2) is 0 Å². The fraction of sp³-hybridized carbons (Fsp3) is 0.536. The third kappa shape index (κ3) is 4.66. The molecule has 0 radical (unpaired) electrons. The standard InChI is InChI=1S/C28H35N7O4S/c1-3-40(37,38)33-10-6-28(7-11-33)13-21(14-28)27(36)32-8-4-24(5-9-32)34-19-23(17-30-34)20-12-25(39-2)26-22(15-29)16-31-35(26)18-20/h3,12,17-19,21,24,31H,1,4-11,13-14,16H2,2H3. The van der Waals surface area contributed by atoms with Crippen LogP contribution in [-0.2, 0) is 19.6 Å². The van der Waals surface area contributed by atoms with E-state index < -0.39 is 10.0 Å². The minimum absolute atomic E-state index is 0.0510. The summed E-state index contributed by atoms with van der Waals surface area (Å²) in [6.07, 6.45) is 12.8. The van der Waals surface area contributed by atoms with Gasteiger partial charge in [0.25, 0.3) is 0 Å². The van der Waals surface area contributed by atoms with Gasteiger partial charge in [0.2, 0.25) is 15.9 Å². The van der Waals surface area contributed by atoms with Gasteiger partial charge in [0.05, 0.1) is 37.5 Å². The number of allylic oxidation sites excluding steroid dienone is 2. The van der Waals surface area contributed by atoms with Crippen molar-refractivity contribution in [1.82, 2.24) is 29.4 Å². The molecule has 6 rings (SSSR count). The van der Waals surface area contributed by atoms with Crippen LogP contribution < -0.4 is 5.43 Å². The summed E-state index contributed by atoms with van der Waals surface area (Å²) in [7, 11) is -1.75. The minimum Gasteiger partial charge on any atom is -0.494 e. The number of nitrogens with one attached hydrogen (secondary N) is 1. The van der Waals surface area contributed by atoms with Crippen LogP contribution in [0.5, 0.6) is 0 Å². The van der Waals surface area contributed by atoms with Crippen LogP contribution in [0.25, 0.3) is 5.57 Å². The summed E-state index contributed by atoms with van der Waals surface area (Å²) < 4.78 is 33.2. The van der Waals surface area contributed by atoms with Crippen molar-refractivity contribution < 1.29 is 17.9 Å². The fourth-order valence-electron chi connectivity index (χ4n) is 6.83. The number of likely N-dealkylation sites (tertiary alicyclic amines) is 1. The number of nitrogens with zero attached hydrogens (tertiary/aromatic N) is 6. The summed E-state index contributed by atoms with van der Waals surface area (Å²) in [5.41, 5.74) is 6.61. The van der Waals surface area contributed by atoms with Gasteiger partial charge in [-0.1, -0.05) is 6.58 Å². The number of ether oxygens (including phenoxy) is 1. The fourth-order valence-corrected chi connectivity index (χ4v) is 7.73. The average molecular weight is 566 g/mol. The molecular weight excluding hydrogens is 530 g/mol. The predicted molar refractivity (Wildman–Crippen MR) is 148 cm³/mol. The molecule has 4 aliphatic heterocycles. The number of carbonyl (C=O) groups is 1. The molecule has 40 heavy (non-hydrogen) atoms. The van der Waals surface area contributed by atoms with E-state index in [2.05, 4.69) is 23.2 Å². The number of methoxy groups -OCH3 is 1. The lowest BCUT2D eigenvalue weighted by molar-refractivity contribution is -0.146. The normalized spacial score (nSPS) is 23.8. The Labute approximate surface area is 235 Å². The number of hydrogen-bond donors (Lipinski definition) is 1. The Morgan fingerprint density at radius 1 is 1.25 bits per heavy atom. The molecule has 5 aliphatic rings. The Morgan fingerprint density at radius 3 is 2.62 bits per heavy atom. The Bertz CT molecular complexity index is 1440. The van der Waals surface area contributed by atoms with Crippen LogP contribution in [0, 0.1) is 22.7 Å². The zero-order chi connectivity index (χ0) is 28.1. The maximum absolute atomic E-state index is 13.2. The van der Waals surface area contributed by atoms with E-state index in [1.807, 2.05) is 39.3 Å². The van der Waals surface area contributed by atoms with Crippen molar-refractivity contribution in [1.29, 1.82) is 5.26 Å². The van der Waals surface area contributed by atoms with Gasteiger partial charge < -0.3 is 9.64 Å². The molecule has 1 aromatic rings. The summed E-state index contributed by atoms with van der Waals surface area (Å²) in [5, 5.41) is 16.9. The number of hydrazine groups is 1. The number of hydrogen-bond acceptors (Lipinski definition) is 8. The molecule has 12 heteroatoms. The van der Waals surface area contributed by atoms with Gasteiger partial charge in [-0.15, -0.1) is 0 Å². The third-order valence-corrected chi connectivity index (χ3v) is 10.7. The number of amides is 1. The monoisotopic (exact) mass is 565 g/mol. The van der Waals surface area contributed by atoms with E-state index in [1.54, 1.807) is 7.11 Å². The van der Waals surface area contributed by atoms with Gasteiger partial charge in [-0.05, 0) is 50.0 Å². The average Bonchev–Trinajstić information content (AvgIpc) is 3.63. The molecule has 212 valence electrons. The van der Waals surface area contributed by atoms with Gasteiger partial charge in [0, 0.05) is 61.0 Å². The first-order chi connectivity index (χ1) is 19.3. The summed E-state index contributed by atoms with van der Waals surface area (Å²) in [6.45, 7) is 6.35. The minimum atomic E-state index is -3.36. The van der Waals surface area contributed by atoms with Crippen molar-refractivity contribution in [3.05, 3.63) is 59.2 Å². The number of sulfonamides is 1. The maximum atomic E-state index is 13.2. The van der Waals surface area contributed by atoms with Gasteiger partial charge in [-0.3, -0.25) is 14.5 Å². The molecule has 0 atom stereocenters. The van der Waals surface area contributed by atoms with Gasteiger partial charge in [-0.2, -0.15) is 14.7 Å². The second-order valence-corrected chi connectivity index (χ2v) is 13.3. The van der Waals surface area contributed by atoms with Crippen LogP contribution in [0.1, 0.15) is 50.1 Å². The Hall–Kier alpha value is -3.40. The molecule has 1 N–H and O–H groups in total. The number of nitriles is 1. The second-order valence-electron chi connectivity index (χ2n) is 11.4. The Balaban J connectivity index is 1.02. The molecule has 11 nitrogen and oxygen atoms in total. The molecule has 1 saturated carbocycles. The molecular formula is C28H35N7O4S. The molecule has 5 heterocycles. The van der Waals surface area contributed by atoms with E-state index in [-0.39, 0.29) is 23.3 Å². The quantitative estimate of drug-likeness (QED) is 0.558. The molecule has 1 amide bonds. The van der Waals surface area contributed by atoms with E-state index in [0.29, 0.717) is 44.1 Å². The van der Waals surface area contributed by atoms with E-state index in [4.69, 9.17) is 4.74 Å². The summed E-state index contributed by atoms with van der Waals surface area (Å²) in [6, 6.07) is 2.46. The van der Waals surface area contributed by atoms with Crippen molar-refractivity contribution in [2.24, 2.45) is 11.3 Å². The van der Waals surface area contributed by atoms with Crippen molar-refractivity contribution in [2.75, 3.05) is 39.8 Å². The molecule has 0 bridgehead atoms. The van der Waals surface area contributed by atoms with E-state index in [9.17, 15) is 18.5 Å². The third-order valence-electron chi connectivity index (χ3n) is 9.24.